The Labute approximate surface area is 216 Å². The van der Waals surface area contributed by atoms with Crippen LogP contribution in [0.15, 0.2) is 97.7 Å². The Morgan fingerprint density at radius 1 is 0.971 bits per heavy atom. The highest BCUT2D eigenvalue weighted by Gasteiger charge is 2.46. The maximum Gasteiger partial charge on any atom is 0.341 e. The van der Waals surface area contributed by atoms with Crippen LogP contribution in [0.4, 0.5) is 5.69 Å². The SMILES string of the molecule is O=C(O)C=CC1=c2cc(Br)cc(Br)c2=NC1(C(=O)O)c1cccc(NS(=O)(=O)c2ccccc2)c1. The van der Waals surface area contributed by atoms with E-state index in [1.807, 2.05) is 0 Å². The normalized spacial score (nSPS) is 17.1. The van der Waals surface area contributed by atoms with Gasteiger partial charge in [-0.1, -0.05) is 46.3 Å². The smallest absolute Gasteiger partial charge is 0.341 e. The van der Waals surface area contributed by atoms with Crippen molar-refractivity contribution in [2.24, 2.45) is 4.99 Å². The summed E-state index contributed by atoms with van der Waals surface area (Å²) in [5.41, 5.74) is -1.64. The Morgan fingerprint density at radius 3 is 2.34 bits per heavy atom. The van der Waals surface area contributed by atoms with E-state index in [9.17, 15) is 28.2 Å². The van der Waals surface area contributed by atoms with Crippen molar-refractivity contribution in [3.8, 4) is 0 Å². The van der Waals surface area contributed by atoms with Crippen LogP contribution in [-0.4, -0.2) is 30.6 Å². The number of hydrogen-bond acceptors (Lipinski definition) is 5. The molecule has 0 bridgehead atoms. The van der Waals surface area contributed by atoms with E-state index in [1.54, 1.807) is 30.3 Å². The Balaban J connectivity index is 1.93. The Bertz CT molecular complexity index is 1620. The zero-order valence-electron chi connectivity index (χ0n) is 17.6. The van der Waals surface area contributed by atoms with Crippen molar-refractivity contribution >= 4 is 65.1 Å². The molecule has 11 heteroatoms. The second-order valence-electron chi connectivity index (χ2n) is 7.50. The number of carbonyl (C=O) groups is 2. The van der Waals surface area contributed by atoms with Gasteiger partial charge in [0, 0.05) is 31.5 Å². The third-order valence-electron chi connectivity index (χ3n) is 5.28. The predicted octanol–water partition coefficient (Wildman–Crippen LogP) is 3.42. The molecule has 35 heavy (non-hydrogen) atoms. The van der Waals surface area contributed by atoms with Crippen LogP contribution in [0.1, 0.15) is 5.56 Å². The minimum absolute atomic E-state index is 0.0433. The fourth-order valence-electron chi connectivity index (χ4n) is 3.80. The highest BCUT2D eigenvalue weighted by Crippen LogP contribution is 2.39. The van der Waals surface area contributed by atoms with E-state index in [-0.39, 0.29) is 21.7 Å². The number of nitrogens with one attached hydrogen (secondary N) is 1. The summed E-state index contributed by atoms with van der Waals surface area (Å²) in [5.74, 6) is -2.62. The number of benzene rings is 3. The summed E-state index contributed by atoms with van der Waals surface area (Å²) in [6, 6.07) is 17.0. The molecule has 3 N–H and O–H groups in total. The van der Waals surface area contributed by atoms with Gasteiger partial charge in [0.05, 0.1) is 10.3 Å². The minimum atomic E-state index is -3.93. The van der Waals surface area contributed by atoms with Gasteiger partial charge in [-0.3, -0.25) is 9.71 Å². The van der Waals surface area contributed by atoms with Gasteiger partial charge in [0.15, 0.2) is 0 Å². The van der Waals surface area contributed by atoms with Gasteiger partial charge in [-0.05, 0) is 64.0 Å². The van der Waals surface area contributed by atoms with Crippen LogP contribution < -0.4 is 15.3 Å². The molecule has 1 heterocycles. The number of aliphatic carboxylic acids is 2. The van der Waals surface area contributed by atoms with Crippen LogP contribution in [0.2, 0.25) is 0 Å². The highest BCUT2D eigenvalue weighted by atomic mass is 79.9. The quantitative estimate of drug-likeness (QED) is 0.347. The zero-order chi connectivity index (χ0) is 25.4. The molecule has 4 rings (SSSR count). The molecule has 0 aromatic heterocycles. The van der Waals surface area contributed by atoms with Crippen LogP contribution in [-0.2, 0) is 25.2 Å². The Hall–Kier alpha value is -3.28. The van der Waals surface area contributed by atoms with E-state index >= 15 is 0 Å². The van der Waals surface area contributed by atoms with Crippen molar-refractivity contribution in [2.45, 2.75) is 10.4 Å². The largest absolute Gasteiger partial charge is 0.479 e. The molecule has 0 amide bonds. The van der Waals surface area contributed by atoms with E-state index in [4.69, 9.17) is 0 Å². The van der Waals surface area contributed by atoms with Crippen LogP contribution in [0, 0.1) is 0 Å². The molecule has 1 aliphatic rings. The van der Waals surface area contributed by atoms with Crippen LogP contribution >= 0.6 is 31.9 Å². The average Bonchev–Trinajstić information content (AvgIpc) is 3.14. The molecule has 3 aromatic rings. The van der Waals surface area contributed by atoms with Gasteiger partial charge in [-0.15, -0.1) is 0 Å². The number of fused-ring (bicyclic) bond motifs is 1. The van der Waals surface area contributed by atoms with Gasteiger partial charge >= 0.3 is 11.9 Å². The van der Waals surface area contributed by atoms with Crippen molar-refractivity contribution in [3.63, 3.8) is 0 Å². The lowest BCUT2D eigenvalue weighted by atomic mass is 9.83. The topological polar surface area (TPSA) is 133 Å². The lowest BCUT2D eigenvalue weighted by Gasteiger charge is -2.25. The first kappa shape index (κ1) is 24.8. The Morgan fingerprint density at radius 2 is 1.69 bits per heavy atom. The summed E-state index contributed by atoms with van der Waals surface area (Å²) in [6.45, 7) is 0. The molecule has 0 radical (unpaired) electrons. The fourth-order valence-corrected chi connectivity index (χ4v) is 6.19. The monoisotopic (exact) mass is 618 g/mol. The number of carboxylic acid groups (broad SMARTS) is 2. The molecule has 1 aliphatic heterocycles. The fraction of sp³-hybridized carbons (Fsp3) is 0.0417. The van der Waals surface area contributed by atoms with E-state index in [0.29, 0.717) is 19.5 Å². The van der Waals surface area contributed by atoms with Gasteiger partial charge < -0.3 is 10.2 Å². The number of halogens is 2. The summed E-state index contributed by atoms with van der Waals surface area (Å²) < 4.78 is 29.2. The van der Waals surface area contributed by atoms with Gasteiger partial charge in [-0.25, -0.2) is 18.0 Å². The third-order valence-corrected chi connectivity index (χ3v) is 7.74. The lowest BCUT2D eigenvalue weighted by molar-refractivity contribution is -0.141. The summed E-state index contributed by atoms with van der Waals surface area (Å²) >= 11 is 6.77. The second kappa shape index (κ2) is 9.40. The second-order valence-corrected chi connectivity index (χ2v) is 10.9. The molecule has 1 atom stereocenters. The molecule has 178 valence electrons. The average molecular weight is 620 g/mol. The first-order chi connectivity index (χ1) is 16.5. The zero-order valence-corrected chi connectivity index (χ0v) is 21.6. The number of nitrogens with zero attached hydrogens (tertiary/aromatic N) is 1. The van der Waals surface area contributed by atoms with Gasteiger partial charge in [0.2, 0.25) is 5.54 Å². The number of hydrogen-bond donors (Lipinski definition) is 3. The molecule has 0 spiro atoms. The highest BCUT2D eigenvalue weighted by molar-refractivity contribution is 9.11. The molecule has 3 aromatic carbocycles. The molecule has 0 aliphatic carbocycles. The molecule has 1 unspecified atom stereocenters. The van der Waals surface area contributed by atoms with Crippen molar-refractivity contribution < 1.29 is 28.2 Å². The van der Waals surface area contributed by atoms with Crippen molar-refractivity contribution in [1.82, 2.24) is 0 Å². The van der Waals surface area contributed by atoms with Crippen LogP contribution in [0.3, 0.4) is 0 Å². The summed E-state index contributed by atoms with van der Waals surface area (Å²) in [7, 11) is -3.93. The minimum Gasteiger partial charge on any atom is -0.479 e. The van der Waals surface area contributed by atoms with E-state index in [0.717, 1.165) is 6.08 Å². The van der Waals surface area contributed by atoms with Gasteiger partial charge in [-0.2, -0.15) is 0 Å². The number of sulfonamides is 1. The van der Waals surface area contributed by atoms with Gasteiger partial charge in [0.25, 0.3) is 10.0 Å². The number of carboxylic acids is 2. The first-order valence-corrected chi connectivity index (χ1v) is 13.0. The van der Waals surface area contributed by atoms with E-state index in [1.165, 1.54) is 42.5 Å². The van der Waals surface area contributed by atoms with Crippen molar-refractivity contribution in [2.75, 3.05) is 4.72 Å². The van der Waals surface area contributed by atoms with Gasteiger partial charge in [0.1, 0.15) is 0 Å². The maximum atomic E-state index is 12.8. The van der Waals surface area contributed by atoms with Crippen molar-refractivity contribution in [3.05, 3.63) is 104 Å². The van der Waals surface area contributed by atoms with E-state index in [2.05, 4.69) is 41.6 Å². The molecule has 0 saturated heterocycles. The van der Waals surface area contributed by atoms with Crippen LogP contribution in [0.25, 0.3) is 5.57 Å². The molecule has 8 nitrogen and oxygen atoms in total. The van der Waals surface area contributed by atoms with E-state index < -0.39 is 27.5 Å². The predicted molar refractivity (Wildman–Crippen MR) is 136 cm³/mol. The summed E-state index contributed by atoms with van der Waals surface area (Å²) in [5, 5.41) is 20.4. The molecule has 0 fully saturated rings. The standard InChI is InChI=1S/C24H16Br2N2O6S/c25-15-12-18-19(9-10-21(29)30)24(23(31)32,27-22(18)20(26)13-15)14-5-4-6-16(11-14)28-35(33,34)17-7-2-1-3-8-17/h1-13,28H,(H,29,30)(H,31,32). The maximum absolute atomic E-state index is 12.8. The third kappa shape index (κ3) is 4.66. The molecular formula is C24H16Br2N2O6S. The Kier molecular flexibility index (Phi) is 6.67. The lowest BCUT2D eigenvalue weighted by Crippen LogP contribution is -2.34. The summed E-state index contributed by atoms with van der Waals surface area (Å²) in [4.78, 5) is 28.7. The number of anilines is 1. The molecule has 0 saturated carbocycles. The summed E-state index contributed by atoms with van der Waals surface area (Å²) in [6.07, 6.45) is 2.04. The number of rotatable bonds is 7. The first-order valence-electron chi connectivity index (χ1n) is 9.97. The van der Waals surface area contributed by atoms with Crippen LogP contribution in [0.5, 0.6) is 0 Å². The van der Waals surface area contributed by atoms with Crippen molar-refractivity contribution in [1.29, 1.82) is 0 Å². The molecular weight excluding hydrogens is 604 g/mol.